The third kappa shape index (κ3) is 3.04. The molecule has 0 saturated carbocycles. The van der Waals surface area contributed by atoms with E-state index in [9.17, 15) is 4.39 Å². The van der Waals surface area contributed by atoms with Crippen LogP contribution in [0.25, 0.3) is 0 Å². The smallest absolute Gasteiger partial charge is 0.142 e. The molecular formula is C13H13ClFN3. The SMILES string of the molecule is NNC(Cc1cccnc1)c1ccc(Cl)c(F)c1. The molecule has 3 N–H and O–H groups in total. The number of hydrogen-bond donors (Lipinski definition) is 2. The minimum atomic E-state index is -0.444. The Balaban J connectivity index is 2.20. The second kappa shape index (κ2) is 5.91. The first-order valence-electron chi connectivity index (χ1n) is 5.50. The fraction of sp³-hybridized carbons (Fsp3) is 0.154. The van der Waals surface area contributed by atoms with Crippen LogP contribution in [-0.4, -0.2) is 4.98 Å². The average molecular weight is 266 g/mol. The van der Waals surface area contributed by atoms with Gasteiger partial charge < -0.3 is 0 Å². The van der Waals surface area contributed by atoms with Crippen LogP contribution < -0.4 is 11.3 Å². The molecule has 0 aliphatic heterocycles. The second-order valence-electron chi connectivity index (χ2n) is 3.96. The van der Waals surface area contributed by atoms with E-state index in [1.54, 1.807) is 18.5 Å². The highest BCUT2D eigenvalue weighted by Crippen LogP contribution is 2.22. The normalized spacial score (nSPS) is 12.4. The summed E-state index contributed by atoms with van der Waals surface area (Å²) in [5, 5.41) is 0.107. The summed E-state index contributed by atoms with van der Waals surface area (Å²) in [6.07, 6.45) is 4.10. The summed E-state index contributed by atoms with van der Waals surface area (Å²) >= 11 is 5.65. The summed E-state index contributed by atoms with van der Waals surface area (Å²) in [6.45, 7) is 0. The van der Waals surface area contributed by atoms with E-state index in [0.717, 1.165) is 11.1 Å². The number of aromatic nitrogens is 1. The molecule has 0 aliphatic rings. The predicted molar refractivity (Wildman–Crippen MR) is 69.4 cm³/mol. The first-order valence-corrected chi connectivity index (χ1v) is 5.88. The van der Waals surface area contributed by atoms with E-state index in [2.05, 4.69) is 10.4 Å². The molecule has 2 aromatic rings. The van der Waals surface area contributed by atoms with Crippen LogP contribution in [0.2, 0.25) is 5.02 Å². The molecule has 18 heavy (non-hydrogen) atoms. The fourth-order valence-corrected chi connectivity index (χ4v) is 1.87. The van der Waals surface area contributed by atoms with E-state index < -0.39 is 5.82 Å². The monoisotopic (exact) mass is 265 g/mol. The minimum absolute atomic E-state index is 0.107. The average Bonchev–Trinajstić information content (AvgIpc) is 2.40. The summed E-state index contributed by atoms with van der Waals surface area (Å²) < 4.78 is 13.4. The van der Waals surface area contributed by atoms with E-state index in [0.29, 0.717) is 6.42 Å². The summed E-state index contributed by atoms with van der Waals surface area (Å²) in [7, 11) is 0. The van der Waals surface area contributed by atoms with Gasteiger partial charge in [0.2, 0.25) is 0 Å². The van der Waals surface area contributed by atoms with Gasteiger partial charge in [0, 0.05) is 12.4 Å². The maximum Gasteiger partial charge on any atom is 0.142 e. The van der Waals surface area contributed by atoms with E-state index in [1.807, 2.05) is 12.1 Å². The summed E-state index contributed by atoms with van der Waals surface area (Å²) in [5.74, 6) is 5.07. The molecule has 5 heteroatoms. The van der Waals surface area contributed by atoms with Crippen LogP contribution in [0.4, 0.5) is 4.39 Å². The van der Waals surface area contributed by atoms with Crippen LogP contribution >= 0.6 is 11.6 Å². The van der Waals surface area contributed by atoms with Gasteiger partial charge in [0.05, 0.1) is 11.1 Å². The van der Waals surface area contributed by atoms with Gasteiger partial charge in [0.25, 0.3) is 0 Å². The standard InChI is InChI=1S/C13H13ClFN3/c14-11-4-3-10(7-12(11)15)13(18-16)6-9-2-1-5-17-8-9/h1-5,7-8,13,18H,6,16H2. The van der Waals surface area contributed by atoms with Gasteiger partial charge in [-0.3, -0.25) is 16.3 Å². The molecule has 1 unspecified atom stereocenters. The minimum Gasteiger partial charge on any atom is -0.271 e. The van der Waals surface area contributed by atoms with Gasteiger partial charge in [-0.25, -0.2) is 4.39 Å². The van der Waals surface area contributed by atoms with Crippen LogP contribution in [0.5, 0.6) is 0 Å². The lowest BCUT2D eigenvalue weighted by Crippen LogP contribution is -2.29. The molecule has 1 aromatic carbocycles. The molecule has 0 amide bonds. The number of nitrogens with zero attached hydrogens (tertiary/aromatic N) is 1. The number of pyridine rings is 1. The zero-order chi connectivity index (χ0) is 13.0. The Hall–Kier alpha value is -1.49. The maximum atomic E-state index is 13.4. The van der Waals surface area contributed by atoms with E-state index in [-0.39, 0.29) is 11.1 Å². The Bertz CT molecular complexity index is 519. The number of nitrogens with two attached hydrogens (primary N) is 1. The third-order valence-electron chi connectivity index (χ3n) is 2.71. The number of nitrogens with one attached hydrogen (secondary N) is 1. The second-order valence-corrected chi connectivity index (χ2v) is 4.37. The molecule has 0 saturated heterocycles. The molecule has 3 nitrogen and oxygen atoms in total. The van der Waals surface area contributed by atoms with E-state index in [1.165, 1.54) is 12.1 Å². The molecule has 94 valence electrons. The highest BCUT2D eigenvalue weighted by atomic mass is 35.5. The zero-order valence-corrected chi connectivity index (χ0v) is 10.4. The van der Waals surface area contributed by atoms with Crippen LogP contribution in [0.15, 0.2) is 42.7 Å². The topological polar surface area (TPSA) is 50.9 Å². The number of hydrogen-bond acceptors (Lipinski definition) is 3. The van der Waals surface area contributed by atoms with Crippen molar-refractivity contribution in [3.8, 4) is 0 Å². The quantitative estimate of drug-likeness (QED) is 0.660. The summed E-state index contributed by atoms with van der Waals surface area (Å²) in [6, 6.07) is 8.30. The largest absolute Gasteiger partial charge is 0.271 e. The van der Waals surface area contributed by atoms with Gasteiger partial charge in [-0.05, 0) is 35.7 Å². The Morgan fingerprint density at radius 3 is 2.83 bits per heavy atom. The molecule has 0 aliphatic carbocycles. The zero-order valence-electron chi connectivity index (χ0n) is 9.61. The molecular weight excluding hydrogens is 253 g/mol. The Kier molecular flexibility index (Phi) is 4.25. The maximum absolute atomic E-state index is 13.4. The van der Waals surface area contributed by atoms with Crippen LogP contribution in [-0.2, 0) is 6.42 Å². The third-order valence-corrected chi connectivity index (χ3v) is 3.02. The van der Waals surface area contributed by atoms with Crippen molar-refractivity contribution in [3.05, 3.63) is 64.7 Å². The summed E-state index contributed by atoms with van der Waals surface area (Å²) in [4.78, 5) is 4.03. The van der Waals surface area contributed by atoms with Gasteiger partial charge in [-0.2, -0.15) is 0 Å². The Labute approximate surface area is 110 Å². The van der Waals surface area contributed by atoms with Gasteiger partial charge in [-0.1, -0.05) is 23.7 Å². The molecule has 0 radical (unpaired) electrons. The van der Waals surface area contributed by atoms with Crippen molar-refractivity contribution in [3.63, 3.8) is 0 Å². The fourth-order valence-electron chi connectivity index (χ4n) is 1.76. The van der Waals surface area contributed by atoms with Crippen molar-refractivity contribution in [2.45, 2.75) is 12.5 Å². The van der Waals surface area contributed by atoms with Crippen molar-refractivity contribution in [1.29, 1.82) is 0 Å². The van der Waals surface area contributed by atoms with Crippen LogP contribution in [0, 0.1) is 5.82 Å². The predicted octanol–water partition coefficient (Wildman–Crippen LogP) is 2.62. The molecule has 1 heterocycles. The van der Waals surface area contributed by atoms with E-state index >= 15 is 0 Å². The molecule has 1 atom stereocenters. The number of benzene rings is 1. The number of hydrazine groups is 1. The first kappa shape index (κ1) is 13.0. The van der Waals surface area contributed by atoms with Crippen LogP contribution in [0.1, 0.15) is 17.2 Å². The lowest BCUT2D eigenvalue weighted by molar-refractivity contribution is 0.544. The van der Waals surface area contributed by atoms with Crippen molar-refractivity contribution in [1.82, 2.24) is 10.4 Å². The Morgan fingerprint density at radius 1 is 1.39 bits per heavy atom. The van der Waals surface area contributed by atoms with Gasteiger partial charge in [-0.15, -0.1) is 0 Å². The van der Waals surface area contributed by atoms with Crippen molar-refractivity contribution in [2.75, 3.05) is 0 Å². The van der Waals surface area contributed by atoms with Gasteiger partial charge in [0.1, 0.15) is 5.82 Å². The van der Waals surface area contributed by atoms with Crippen molar-refractivity contribution >= 4 is 11.6 Å². The van der Waals surface area contributed by atoms with Crippen LogP contribution in [0.3, 0.4) is 0 Å². The lowest BCUT2D eigenvalue weighted by Gasteiger charge is -2.16. The van der Waals surface area contributed by atoms with Gasteiger partial charge >= 0.3 is 0 Å². The van der Waals surface area contributed by atoms with Gasteiger partial charge in [0.15, 0.2) is 0 Å². The van der Waals surface area contributed by atoms with Crippen molar-refractivity contribution < 1.29 is 4.39 Å². The molecule has 0 spiro atoms. The highest BCUT2D eigenvalue weighted by Gasteiger charge is 2.12. The Morgan fingerprint density at radius 2 is 2.22 bits per heavy atom. The lowest BCUT2D eigenvalue weighted by atomic mass is 10.0. The molecule has 0 fully saturated rings. The van der Waals surface area contributed by atoms with Crippen molar-refractivity contribution in [2.24, 2.45) is 5.84 Å². The number of rotatable bonds is 4. The first-order chi connectivity index (χ1) is 8.70. The molecule has 1 aromatic heterocycles. The van der Waals surface area contributed by atoms with E-state index in [4.69, 9.17) is 17.4 Å². The molecule has 0 bridgehead atoms. The molecule has 2 rings (SSSR count). The number of halogens is 2. The summed E-state index contributed by atoms with van der Waals surface area (Å²) in [5.41, 5.74) is 4.45. The highest BCUT2D eigenvalue weighted by molar-refractivity contribution is 6.30.